The topological polar surface area (TPSA) is 149 Å². The molecule has 1 N–H and O–H groups in total. The third-order valence-corrected chi connectivity index (χ3v) is 13.6. The quantitative estimate of drug-likeness (QED) is 0.205. The molecule has 4 aliphatic rings. The number of carbonyl (C=O) groups is 4. The lowest BCUT2D eigenvalue weighted by molar-refractivity contribution is -0.153. The average Bonchev–Trinajstić information content (AvgIpc) is 4.08. The van der Waals surface area contributed by atoms with Gasteiger partial charge in [0, 0.05) is 29.9 Å². The van der Waals surface area contributed by atoms with Crippen LogP contribution in [0.4, 0.5) is 0 Å². The number of aryl methyl sites for hydroxylation is 1. The standard InChI is InChI=1S/C43H51N3O8S/c1-5-29-24-43(29,41(50)45-55(51,52)31-16-17-31)25-37(47)36-21-30-26-46(36)40(49)33(42(2,3)4)22-39(48)53-19-11-7-8-12-27-15-18-34-32(20-27)38(54-30)23-35(44-34)28-13-9-6-10-14-28/h5-6,9-10,13-15,18,20,23,29-31,33,36H,1,7-8,11-12,16-17,19,21-22,24-26H2,2-4H3,(H,45,50)/t29-,30-,33-,36+,43-/m1/s1. The second-order valence-corrected chi connectivity index (χ2v) is 18.8. The lowest BCUT2D eigenvalue weighted by Gasteiger charge is -2.34. The van der Waals surface area contributed by atoms with Crippen LogP contribution in [0.25, 0.3) is 22.2 Å². The summed E-state index contributed by atoms with van der Waals surface area (Å²) in [7, 11) is -3.85. The van der Waals surface area contributed by atoms with Gasteiger partial charge >= 0.3 is 5.97 Å². The minimum atomic E-state index is -3.85. The van der Waals surface area contributed by atoms with E-state index in [1.54, 1.807) is 6.08 Å². The van der Waals surface area contributed by atoms with Crippen molar-refractivity contribution in [3.8, 4) is 17.0 Å². The van der Waals surface area contributed by atoms with Crippen LogP contribution in [0, 0.1) is 22.7 Å². The van der Waals surface area contributed by atoms with Crippen LogP contribution in [0.3, 0.4) is 0 Å². The van der Waals surface area contributed by atoms with Crippen LogP contribution in [0.2, 0.25) is 0 Å². The minimum Gasteiger partial charge on any atom is -0.488 e. The van der Waals surface area contributed by atoms with E-state index in [9.17, 15) is 27.6 Å². The van der Waals surface area contributed by atoms with Gasteiger partial charge < -0.3 is 14.4 Å². The zero-order chi connectivity index (χ0) is 39.1. The van der Waals surface area contributed by atoms with Crippen LogP contribution in [0.5, 0.6) is 5.75 Å². The fourth-order valence-electron chi connectivity index (χ4n) is 8.15. The van der Waals surface area contributed by atoms with Gasteiger partial charge in [-0.25, -0.2) is 13.4 Å². The van der Waals surface area contributed by atoms with Gasteiger partial charge in [0.1, 0.15) is 11.9 Å². The molecule has 1 aromatic heterocycles. The summed E-state index contributed by atoms with van der Waals surface area (Å²) in [4.78, 5) is 62.6. The van der Waals surface area contributed by atoms with Crippen molar-refractivity contribution < 1.29 is 37.1 Å². The Hall–Kier alpha value is -4.58. The molecule has 2 amide bonds. The predicted molar refractivity (Wildman–Crippen MR) is 208 cm³/mol. The van der Waals surface area contributed by atoms with Crippen LogP contribution >= 0.6 is 0 Å². The van der Waals surface area contributed by atoms with E-state index in [2.05, 4.69) is 23.4 Å². The normalized spacial score (nSPS) is 26.4. The number of nitrogens with zero attached hydrogens (tertiary/aromatic N) is 2. The van der Waals surface area contributed by atoms with Gasteiger partial charge in [0.15, 0.2) is 5.78 Å². The number of esters is 1. The molecule has 55 heavy (non-hydrogen) atoms. The van der Waals surface area contributed by atoms with Crippen molar-refractivity contribution in [2.45, 2.75) is 102 Å². The number of amides is 2. The summed E-state index contributed by atoms with van der Waals surface area (Å²) >= 11 is 0. The Morgan fingerprint density at radius 2 is 1.82 bits per heavy atom. The third kappa shape index (κ3) is 8.34. The molecule has 3 aromatic rings. The molecule has 3 heterocycles. The first-order valence-corrected chi connectivity index (χ1v) is 21.1. The summed E-state index contributed by atoms with van der Waals surface area (Å²) in [5.41, 5.74) is 1.57. The van der Waals surface area contributed by atoms with Gasteiger partial charge in [-0.3, -0.25) is 23.9 Å². The molecule has 0 radical (unpaired) electrons. The highest BCUT2D eigenvalue weighted by Gasteiger charge is 2.61. The highest BCUT2D eigenvalue weighted by atomic mass is 32.2. The van der Waals surface area contributed by atoms with Crippen LogP contribution in [-0.4, -0.2) is 72.4 Å². The molecule has 0 unspecified atom stereocenters. The van der Waals surface area contributed by atoms with Crippen LogP contribution in [0.15, 0.2) is 67.3 Å². The largest absolute Gasteiger partial charge is 0.488 e. The van der Waals surface area contributed by atoms with Crippen molar-refractivity contribution in [3.05, 3.63) is 72.8 Å². The number of hydrogen-bond donors (Lipinski definition) is 1. The van der Waals surface area contributed by atoms with Gasteiger partial charge in [-0.15, -0.1) is 6.58 Å². The van der Waals surface area contributed by atoms with Gasteiger partial charge in [-0.05, 0) is 74.0 Å². The van der Waals surface area contributed by atoms with Gasteiger partial charge in [-0.2, -0.15) is 0 Å². The van der Waals surface area contributed by atoms with Gasteiger partial charge in [0.05, 0.1) is 53.4 Å². The fraction of sp³-hybridized carbons (Fsp3) is 0.512. The number of allylic oxidation sites excluding steroid dienone is 1. The number of cyclic esters (lactones) is 1. The summed E-state index contributed by atoms with van der Waals surface area (Å²) in [6.07, 6.45) is 5.24. The smallest absolute Gasteiger partial charge is 0.306 e. The molecular weight excluding hydrogens is 719 g/mol. The Morgan fingerprint density at radius 3 is 2.51 bits per heavy atom. The lowest BCUT2D eigenvalue weighted by atomic mass is 9.77. The van der Waals surface area contributed by atoms with Crippen LogP contribution in [-0.2, 0) is 40.4 Å². The molecule has 292 valence electrons. The number of aromatic nitrogens is 1. The highest BCUT2D eigenvalue weighted by Crippen LogP contribution is 2.57. The Labute approximate surface area is 323 Å². The molecule has 2 aliphatic carbocycles. The number of ketones is 1. The summed E-state index contributed by atoms with van der Waals surface area (Å²) in [6.45, 7) is 9.84. The van der Waals surface area contributed by atoms with Crippen molar-refractivity contribution >= 4 is 44.5 Å². The average molecular weight is 770 g/mol. The fourth-order valence-corrected chi connectivity index (χ4v) is 9.54. The molecule has 11 nitrogen and oxygen atoms in total. The van der Waals surface area contributed by atoms with Gasteiger partial charge in [-0.1, -0.05) is 63.2 Å². The molecule has 3 fully saturated rings. The Kier molecular flexibility index (Phi) is 10.7. The van der Waals surface area contributed by atoms with Crippen molar-refractivity contribution in [3.63, 3.8) is 0 Å². The molecule has 1 saturated heterocycles. The van der Waals surface area contributed by atoms with Crippen molar-refractivity contribution in [1.29, 1.82) is 0 Å². The molecule has 2 saturated carbocycles. The number of rotatable bonds is 8. The summed E-state index contributed by atoms with van der Waals surface area (Å²) in [5, 5.41) is 0.222. The predicted octanol–water partition coefficient (Wildman–Crippen LogP) is 6.33. The number of benzene rings is 2. The van der Waals surface area contributed by atoms with E-state index in [4.69, 9.17) is 14.5 Å². The van der Waals surface area contributed by atoms with Crippen molar-refractivity contribution in [2.75, 3.05) is 13.2 Å². The summed E-state index contributed by atoms with van der Waals surface area (Å²) in [6, 6.07) is 16.9. The van der Waals surface area contributed by atoms with E-state index in [1.807, 2.05) is 63.2 Å². The zero-order valence-corrected chi connectivity index (χ0v) is 32.7. The van der Waals surface area contributed by atoms with E-state index in [-0.39, 0.29) is 50.5 Å². The number of carbonyl (C=O) groups excluding carboxylic acids is 4. The minimum absolute atomic E-state index is 0.0706. The maximum Gasteiger partial charge on any atom is 0.306 e. The Bertz CT molecular complexity index is 2110. The first-order chi connectivity index (χ1) is 26.2. The molecule has 2 aromatic carbocycles. The molecule has 2 aliphatic heterocycles. The van der Waals surface area contributed by atoms with Crippen molar-refractivity contribution in [2.24, 2.45) is 22.7 Å². The maximum atomic E-state index is 14.7. The zero-order valence-electron chi connectivity index (χ0n) is 31.9. The molecule has 5 atom stereocenters. The molecule has 7 rings (SSSR count). The third-order valence-electron chi connectivity index (χ3n) is 11.8. The first-order valence-electron chi connectivity index (χ1n) is 19.5. The van der Waals surface area contributed by atoms with E-state index < -0.39 is 62.0 Å². The number of pyridine rings is 1. The summed E-state index contributed by atoms with van der Waals surface area (Å²) in [5.74, 6) is -2.51. The molecule has 0 spiro atoms. The van der Waals surface area contributed by atoms with E-state index in [0.29, 0.717) is 25.0 Å². The maximum absolute atomic E-state index is 14.7. The second-order valence-electron chi connectivity index (χ2n) is 16.9. The second kappa shape index (κ2) is 15.2. The Balaban J connectivity index is 1.25. The number of hydrogen-bond acceptors (Lipinski definition) is 9. The van der Waals surface area contributed by atoms with Crippen LogP contribution in [0.1, 0.15) is 84.1 Å². The first kappa shape index (κ1) is 38.7. The highest BCUT2D eigenvalue weighted by molar-refractivity contribution is 7.90. The summed E-state index contributed by atoms with van der Waals surface area (Å²) < 4.78 is 40.3. The Morgan fingerprint density at radius 1 is 1.05 bits per heavy atom. The lowest BCUT2D eigenvalue weighted by Crippen LogP contribution is -2.48. The van der Waals surface area contributed by atoms with Crippen molar-refractivity contribution in [1.82, 2.24) is 14.6 Å². The number of sulfonamides is 1. The monoisotopic (exact) mass is 769 g/mol. The number of fused-ring (bicyclic) bond motifs is 3. The van der Waals surface area contributed by atoms with E-state index in [1.165, 1.54) is 4.90 Å². The number of nitrogens with one attached hydrogen (secondary N) is 1. The van der Waals surface area contributed by atoms with E-state index >= 15 is 0 Å². The SMILES string of the molecule is C=C[C@@H]1C[C@]1(CC(=O)[C@@H]1C[C@@H]2CN1C(=O)[C@H](C(C)(C)C)CC(=O)OCCCCCc1ccc3nc(-c4ccccc4)cc(c3c1)O2)C(=O)NS(=O)(=O)C1CC1. The molecule has 12 heteroatoms. The molecular formula is C43H51N3O8S. The van der Waals surface area contributed by atoms with Gasteiger partial charge in [0.25, 0.3) is 0 Å². The van der Waals surface area contributed by atoms with E-state index in [0.717, 1.165) is 47.0 Å². The molecule has 4 bridgehead atoms. The number of ether oxygens (including phenoxy) is 2. The van der Waals surface area contributed by atoms with Gasteiger partial charge in [0.2, 0.25) is 21.8 Å². The number of Topliss-reactive ketones (excluding diaryl/α,β-unsaturated/α-hetero) is 1. The van der Waals surface area contributed by atoms with Crippen LogP contribution < -0.4 is 9.46 Å².